The zero-order valence-corrected chi connectivity index (χ0v) is 10.8. The van der Waals surface area contributed by atoms with Crippen molar-refractivity contribution < 1.29 is 23.0 Å². The Morgan fingerprint density at radius 3 is 2.72 bits per heavy atom. The van der Waals surface area contributed by atoms with Crippen LogP contribution in [0.1, 0.15) is 22.8 Å². The Morgan fingerprint density at radius 1 is 1.56 bits per heavy atom. The van der Waals surface area contributed by atoms with Crippen molar-refractivity contribution in [1.29, 1.82) is 5.26 Å². The van der Waals surface area contributed by atoms with Gasteiger partial charge in [-0.3, -0.25) is 0 Å². The molecule has 1 aromatic rings. The van der Waals surface area contributed by atoms with E-state index in [0.29, 0.717) is 0 Å². The van der Waals surface area contributed by atoms with Gasteiger partial charge < -0.3 is 9.47 Å². The van der Waals surface area contributed by atoms with Crippen LogP contribution in [0.3, 0.4) is 0 Å². The maximum atomic E-state index is 12.1. The Labute approximate surface area is 110 Å². The first-order valence-corrected chi connectivity index (χ1v) is 5.64. The smallest absolute Gasteiger partial charge is 0.387 e. The third-order valence-corrected chi connectivity index (χ3v) is 2.52. The first-order chi connectivity index (χ1) is 8.49. The summed E-state index contributed by atoms with van der Waals surface area (Å²) in [5.41, 5.74) is -0.0971. The van der Waals surface area contributed by atoms with Crippen LogP contribution < -0.4 is 4.74 Å². The Bertz CT molecular complexity index is 500. The molecule has 7 heteroatoms. The maximum Gasteiger partial charge on any atom is 0.387 e. The number of carbonyl (C=O) groups is 1. The van der Waals surface area contributed by atoms with Crippen molar-refractivity contribution in [2.75, 3.05) is 6.61 Å². The van der Waals surface area contributed by atoms with Gasteiger partial charge in [0.25, 0.3) is 0 Å². The zero-order valence-electron chi connectivity index (χ0n) is 9.25. The molecule has 0 aliphatic heterocycles. The molecule has 0 saturated heterocycles. The quantitative estimate of drug-likeness (QED) is 0.800. The largest absolute Gasteiger partial charge is 0.462 e. The molecule has 0 aromatic heterocycles. The molecular formula is C11H8BrF2NO3. The number of carbonyl (C=O) groups excluding carboxylic acids is 1. The van der Waals surface area contributed by atoms with E-state index in [-0.39, 0.29) is 28.0 Å². The fourth-order valence-corrected chi connectivity index (χ4v) is 1.65. The van der Waals surface area contributed by atoms with Crippen molar-refractivity contribution in [1.82, 2.24) is 0 Å². The molecular weight excluding hydrogens is 312 g/mol. The summed E-state index contributed by atoms with van der Waals surface area (Å²) in [6.07, 6.45) is 0. The highest BCUT2D eigenvalue weighted by Gasteiger charge is 2.18. The van der Waals surface area contributed by atoms with Gasteiger partial charge in [0.15, 0.2) is 0 Å². The molecule has 4 nitrogen and oxygen atoms in total. The number of esters is 1. The van der Waals surface area contributed by atoms with Crippen LogP contribution in [0.4, 0.5) is 8.78 Å². The van der Waals surface area contributed by atoms with Crippen LogP contribution in [-0.2, 0) is 4.74 Å². The molecule has 0 unspecified atom stereocenters. The fraction of sp³-hybridized carbons (Fsp3) is 0.273. The van der Waals surface area contributed by atoms with Gasteiger partial charge in [-0.2, -0.15) is 14.0 Å². The average Bonchev–Trinajstić information content (AvgIpc) is 2.31. The number of ether oxygens (including phenoxy) is 2. The van der Waals surface area contributed by atoms with Gasteiger partial charge in [0.2, 0.25) is 0 Å². The number of rotatable bonds is 4. The van der Waals surface area contributed by atoms with E-state index in [2.05, 4.69) is 20.7 Å². The molecule has 0 atom stereocenters. The second-order valence-corrected chi connectivity index (χ2v) is 3.89. The minimum atomic E-state index is -3.01. The lowest BCUT2D eigenvalue weighted by atomic mass is 10.1. The minimum absolute atomic E-state index is 0.00663. The Hall–Kier alpha value is -1.68. The first kappa shape index (κ1) is 14.4. The molecule has 0 bridgehead atoms. The summed E-state index contributed by atoms with van der Waals surface area (Å²) >= 11 is 2.98. The van der Waals surface area contributed by atoms with Crippen molar-refractivity contribution in [2.24, 2.45) is 0 Å². The minimum Gasteiger partial charge on any atom is -0.462 e. The third kappa shape index (κ3) is 3.40. The number of hydrogen-bond donors (Lipinski definition) is 0. The summed E-state index contributed by atoms with van der Waals surface area (Å²) in [6.45, 7) is -1.24. The predicted molar refractivity (Wildman–Crippen MR) is 61.4 cm³/mol. The van der Waals surface area contributed by atoms with E-state index in [0.717, 1.165) is 6.07 Å². The summed E-state index contributed by atoms with van der Waals surface area (Å²) in [4.78, 5) is 11.5. The van der Waals surface area contributed by atoms with Crippen molar-refractivity contribution in [3.05, 3.63) is 27.7 Å². The number of nitrogens with zero attached hydrogens (tertiary/aromatic N) is 1. The standard InChI is InChI=1S/C11H8BrF2NO3/c1-2-17-10(16)7-4-8(12)9(18-11(13)14)3-6(7)5-15/h3-4,11H,2H2,1H3. The van der Waals surface area contributed by atoms with Crippen molar-refractivity contribution in [3.8, 4) is 11.8 Å². The van der Waals surface area contributed by atoms with E-state index >= 15 is 0 Å². The van der Waals surface area contributed by atoms with Gasteiger partial charge in [-0.1, -0.05) is 0 Å². The van der Waals surface area contributed by atoms with E-state index in [1.807, 2.05) is 0 Å². The van der Waals surface area contributed by atoms with Crippen LogP contribution in [0.25, 0.3) is 0 Å². The van der Waals surface area contributed by atoms with Crippen molar-refractivity contribution in [2.45, 2.75) is 13.5 Å². The third-order valence-electron chi connectivity index (χ3n) is 1.90. The average molecular weight is 320 g/mol. The van der Waals surface area contributed by atoms with Gasteiger partial charge in [0.1, 0.15) is 11.8 Å². The second kappa shape index (κ2) is 6.31. The van der Waals surface area contributed by atoms with E-state index in [9.17, 15) is 13.6 Å². The van der Waals surface area contributed by atoms with Crippen LogP contribution in [0.2, 0.25) is 0 Å². The summed E-state index contributed by atoms with van der Waals surface area (Å²) in [5, 5.41) is 8.87. The summed E-state index contributed by atoms with van der Waals surface area (Å²) in [7, 11) is 0. The Balaban J connectivity index is 3.19. The first-order valence-electron chi connectivity index (χ1n) is 4.85. The molecule has 18 heavy (non-hydrogen) atoms. The van der Waals surface area contributed by atoms with E-state index in [4.69, 9.17) is 10.00 Å². The van der Waals surface area contributed by atoms with Crippen molar-refractivity contribution >= 4 is 21.9 Å². The molecule has 0 aliphatic carbocycles. The molecule has 0 heterocycles. The molecule has 0 N–H and O–H groups in total. The lowest BCUT2D eigenvalue weighted by Crippen LogP contribution is -2.09. The highest BCUT2D eigenvalue weighted by Crippen LogP contribution is 2.30. The van der Waals surface area contributed by atoms with Gasteiger partial charge in [0, 0.05) is 6.07 Å². The molecule has 0 fully saturated rings. The SMILES string of the molecule is CCOC(=O)c1cc(Br)c(OC(F)F)cc1C#N. The van der Waals surface area contributed by atoms with Crippen LogP contribution >= 0.6 is 15.9 Å². The number of hydrogen-bond acceptors (Lipinski definition) is 4. The van der Waals surface area contributed by atoms with Crippen LogP contribution in [0, 0.1) is 11.3 Å². The van der Waals surface area contributed by atoms with E-state index in [1.165, 1.54) is 6.07 Å². The Kier molecular flexibility index (Phi) is 5.04. The number of halogens is 3. The second-order valence-electron chi connectivity index (χ2n) is 3.04. The van der Waals surface area contributed by atoms with Crippen LogP contribution in [0.5, 0.6) is 5.75 Å². The molecule has 0 amide bonds. The van der Waals surface area contributed by atoms with Gasteiger partial charge in [0.05, 0.1) is 22.2 Å². The van der Waals surface area contributed by atoms with Gasteiger partial charge in [-0.15, -0.1) is 0 Å². The number of alkyl halides is 2. The maximum absolute atomic E-state index is 12.1. The summed E-state index contributed by atoms with van der Waals surface area (Å²) in [5.74, 6) is -0.909. The van der Waals surface area contributed by atoms with Crippen molar-refractivity contribution in [3.63, 3.8) is 0 Å². The number of nitriles is 1. The van der Waals surface area contributed by atoms with Gasteiger partial charge in [-0.05, 0) is 28.9 Å². The fourth-order valence-electron chi connectivity index (χ4n) is 1.21. The van der Waals surface area contributed by atoms with E-state index < -0.39 is 12.6 Å². The summed E-state index contributed by atoms with van der Waals surface area (Å²) in [6, 6.07) is 4.00. The molecule has 0 aliphatic rings. The lowest BCUT2D eigenvalue weighted by Gasteiger charge is -2.10. The predicted octanol–water partition coefficient (Wildman–Crippen LogP) is 3.10. The monoisotopic (exact) mass is 319 g/mol. The topological polar surface area (TPSA) is 59.3 Å². The molecule has 0 saturated carbocycles. The summed E-state index contributed by atoms with van der Waals surface area (Å²) < 4.78 is 33.3. The van der Waals surface area contributed by atoms with Crippen LogP contribution in [0.15, 0.2) is 16.6 Å². The molecule has 0 radical (unpaired) electrons. The molecule has 96 valence electrons. The van der Waals surface area contributed by atoms with Crippen LogP contribution in [-0.4, -0.2) is 19.2 Å². The Morgan fingerprint density at radius 2 is 2.22 bits per heavy atom. The zero-order chi connectivity index (χ0) is 13.7. The number of benzene rings is 1. The molecule has 0 spiro atoms. The van der Waals surface area contributed by atoms with E-state index in [1.54, 1.807) is 13.0 Å². The lowest BCUT2D eigenvalue weighted by molar-refractivity contribution is -0.0503. The van der Waals surface area contributed by atoms with Gasteiger partial charge in [-0.25, -0.2) is 4.79 Å². The molecule has 1 aromatic carbocycles. The van der Waals surface area contributed by atoms with Gasteiger partial charge >= 0.3 is 12.6 Å². The molecule has 1 rings (SSSR count). The normalized spacial score (nSPS) is 10.0. The highest BCUT2D eigenvalue weighted by atomic mass is 79.9. The highest BCUT2D eigenvalue weighted by molar-refractivity contribution is 9.10.